The highest BCUT2D eigenvalue weighted by Crippen LogP contribution is 2.59. The number of halogens is 1. The second-order valence-electron chi connectivity index (χ2n) is 4.91. The summed E-state index contributed by atoms with van der Waals surface area (Å²) < 4.78 is -0.0620. The van der Waals surface area contributed by atoms with Crippen LogP contribution in [0.3, 0.4) is 0 Å². The van der Waals surface area contributed by atoms with Crippen LogP contribution in [0.25, 0.3) is 0 Å². The maximum Gasteiger partial charge on any atom is 0.129 e. The molecule has 2 aromatic rings. The molecule has 1 saturated carbocycles. The van der Waals surface area contributed by atoms with Crippen molar-refractivity contribution in [1.82, 2.24) is 0 Å². The maximum absolute atomic E-state index is 11.3. The van der Waals surface area contributed by atoms with E-state index in [1.54, 1.807) is 0 Å². The fourth-order valence-electron chi connectivity index (χ4n) is 2.51. The summed E-state index contributed by atoms with van der Waals surface area (Å²) in [6.07, 6.45) is 2.13. The molecule has 1 aliphatic rings. The van der Waals surface area contributed by atoms with Crippen molar-refractivity contribution >= 4 is 22.6 Å². The van der Waals surface area contributed by atoms with Gasteiger partial charge >= 0.3 is 0 Å². The summed E-state index contributed by atoms with van der Waals surface area (Å²) in [5.41, 5.74) is 1.10. The van der Waals surface area contributed by atoms with Crippen LogP contribution in [0, 0.1) is 0 Å². The molecule has 0 saturated heterocycles. The molecule has 92 valence electrons. The highest BCUT2D eigenvalue weighted by molar-refractivity contribution is 14.1. The molecule has 0 bridgehead atoms. The van der Waals surface area contributed by atoms with Gasteiger partial charge in [0, 0.05) is 0 Å². The number of hydrogen-bond donors (Lipinski definition) is 1. The molecule has 0 unspecified atom stereocenters. The van der Waals surface area contributed by atoms with Crippen LogP contribution in [0.2, 0.25) is 0 Å². The average molecular weight is 350 g/mol. The van der Waals surface area contributed by atoms with Crippen molar-refractivity contribution < 1.29 is 5.11 Å². The van der Waals surface area contributed by atoms with Crippen molar-refractivity contribution in [2.75, 3.05) is 0 Å². The zero-order valence-electron chi connectivity index (χ0n) is 10.0. The molecule has 1 N–H and O–H groups in total. The molecule has 0 amide bonds. The molecule has 2 heteroatoms. The minimum atomic E-state index is -0.879. The van der Waals surface area contributed by atoms with E-state index in [1.807, 2.05) is 60.7 Å². The van der Waals surface area contributed by atoms with E-state index in [2.05, 4.69) is 22.6 Å². The Hall–Kier alpha value is -0.870. The number of aliphatic hydroxyl groups is 1. The topological polar surface area (TPSA) is 20.2 Å². The Balaban J connectivity index is 2.17. The predicted molar refractivity (Wildman–Crippen MR) is 81.9 cm³/mol. The molecule has 1 fully saturated rings. The van der Waals surface area contributed by atoms with Gasteiger partial charge in [-0.05, 0) is 24.0 Å². The molecule has 0 atom stereocenters. The van der Waals surface area contributed by atoms with Crippen LogP contribution < -0.4 is 0 Å². The fraction of sp³-hybridized carbons (Fsp3) is 0.250. The van der Waals surface area contributed by atoms with Crippen LogP contribution in [0.4, 0.5) is 0 Å². The molecule has 18 heavy (non-hydrogen) atoms. The Kier molecular flexibility index (Phi) is 2.94. The van der Waals surface area contributed by atoms with E-state index in [0.717, 1.165) is 24.0 Å². The zero-order chi connectivity index (χ0) is 12.6. The van der Waals surface area contributed by atoms with Gasteiger partial charge < -0.3 is 5.11 Å². The van der Waals surface area contributed by atoms with E-state index >= 15 is 0 Å². The zero-order valence-corrected chi connectivity index (χ0v) is 12.2. The summed E-state index contributed by atoms with van der Waals surface area (Å²) >= 11 is 2.42. The van der Waals surface area contributed by atoms with E-state index in [4.69, 9.17) is 0 Å². The molecule has 0 radical (unpaired) electrons. The minimum absolute atomic E-state index is 0.0620. The highest BCUT2D eigenvalue weighted by atomic mass is 127. The first kappa shape index (κ1) is 12.2. The second-order valence-corrected chi connectivity index (χ2v) is 6.97. The SMILES string of the molecule is OC(c1ccccc1)(c1ccccc1)C1(I)CC1. The predicted octanol–water partition coefficient (Wildman–Crippen LogP) is 3.89. The molecule has 2 aromatic carbocycles. The van der Waals surface area contributed by atoms with Crippen LogP contribution in [0.5, 0.6) is 0 Å². The van der Waals surface area contributed by atoms with Gasteiger partial charge in [-0.1, -0.05) is 83.3 Å². The highest BCUT2D eigenvalue weighted by Gasteiger charge is 2.58. The summed E-state index contributed by atoms with van der Waals surface area (Å²) in [4.78, 5) is 0. The Bertz CT molecular complexity index is 492. The number of alkyl halides is 1. The summed E-state index contributed by atoms with van der Waals surface area (Å²) in [5, 5.41) is 11.3. The lowest BCUT2D eigenvalue weighted by atomic mass is 9.82. The first-order valence-electron chi connectivity index (χ1n) is 6.19. The van der Waals surface area contributed by atoms with Crippen molar-refractivity contribution in [2.24, 2.45) is 0 Å². The molecule has 3 rings (SSSR count). The van der Waals surface area contributed by atoms with Gasteiger partial charge in [-0.25, -0.2) is 0 Å². The largest absolute Gasteiger partial charge is 0.379 e. The summed E-state index contributed by atoms with van der Waals surface area (Å²) in [6, 6.07) is 20.0. The van der Waals surface area contributed by atoms with Gasteiger partial charge in [0.25, 0.3) is 0 Å². The lowest BCUT2D eigenvalue weighted by molar-refractivity contribution is 0.0753. The van der Waals surface area contributed by atoms with Crippen LogP contribution in [0.15, 0.2) is 60.7 Å². The number of rotatable bonds is 3. The molecular weight excluding hydrogens is 335 g/mol. The van der Waals surface area contributed by atoms with Crippen LogP contribution >= 0.6 is 22.6 Å². The summed E-state index contributed by atoms with van der Waals surface area (Å²) in [6.45, 7) is 0. The van der Waals surface area contributed by atoms with Gasteiger partial charge in [-0.3, -0.25) is 0 Å². The number of benzene rings is 2. The third-order valence-electron chi connectivity index (χ3n) is 3.72. The monoisotopic (exact) mass is 350 g/mol. The van der Waals surface area contributed by atoms with Crippen molar-refractivity contribution in [3.63, 3.8) is 0 Å². The second kappa shape index (κ2) is 4.35. The van der Waals surface area contributed by atoms with E-state index in [9.17, 15) is 5.11 Å². The van der Waals surface area contributed by atoms with Gasteiger partial charge in [0.15, 0.2) is 0 Å². The Labute approximate surface area is 121 Å². The third-order valence-corrected chi connectivity index (χ3v) is 5.58. The number of hydrogen-bond acceptors (Lipinski definition) is 1. The van der Waals surface area contributed by atoms with Gasteiger partial charge in [-0.2, -0.15) is 0 Å². The summed E-state index contributed by atoms with van der Waals surface area (Å²) in [7, 11) is 0. The van der Waals surface area contributed by atoms with Crippen LogP contribution in [0.1, 0.15) is 24.0 Å². The van der Waals surface area contributed by atoms with Crippen LogP contribution in [-0.4, -0.2) is 8.53 Å². The smallest absolute Gasteiger partial charge is 0.129 e. The average Bonchev–Trinajstić information content (AvgIpc) is 3.19. The van der Waals surface area contributed by atoms with E-state index < -0.39 is 5.60 Å². The van der Waals surface area contributed by atoms with E-state index in [-0.39, 0.29) is 3.42 Å². The third kappa shape index (κ3) is 1.79. The molecule has 1 aliphatic carbocycles. The van der Waals surface area contributed by atoms with Crippen molar-refractivity contribution in [3.8, 4) is 0 Å². The van der Waals surface area contributed by atoms with Gasteiger partial charge in [0.05, 0.1) is 3.42 Å². The molecule has 0 aromatic heterocycles. The molecular formula is C16H15IO. The first-order valence-corrected chi connectivity index (χ1v) is 7.27. The maximum atomic E-state index is 11.3. The van der Waals surface area contributed by atoms with E-state index in [0.29, 0.717) is 0 Å². The quantitative estimate of drug-likeness (QED) is 0.658. The Morgan fingerprint density at radius 2 is 1.22 bits per heavy atom. The van der Waals surface area contributed by atoms with Crippen LogP contribution in [-0.2, 0) is 5.60 Å². The van der Waals surface area contributed by atoms with E-state index in [1.165, 1.54) is 0 Å². The summed E-state index contributed by atoms with van der Waals surface area (Å²) in [5.74, 6) is 0. The molecule has 1 nitrogen and oxygen atoms in total. The van der Waals surface area contributed by atoms with Crippen molar-refractivity contribution in [2.45, 2.75) is 21.9 Å². The van der Waals surface area contributed by atoms with Crippen molar-refractivity contribution in [3.05, 3.63) is 71.8 Å². The standard InChI is InChI=1S/C16H15IO/c17-15(11-12-15)16(18,13-7-3-1-4-8-13)14-9-5-2-6-10-14/h1-10,18H,11-12H2. The molecule has 0 heterocycles. The lowest BCUT2D eigenvalue weighted by Gasteiger charge is -2.34. The van der Waals surface area contributed by atoms with Gasteiger partial charge in [0.2, 0.25) is 0 Å². The Morgan fingerprint density at radius 1 is 0.833 bits per heavy atom. The lowest BCUT2D eigenvalue weighted by Crippen LogP contribution is -2.38. The molecule has 0 aliphatic heterocycles. The normalized spacial score (nSPS) is 17.4. The van der Waals surface area contributed by atoms with Gasteiger partial charge in [0.1, 0.15) is 5.60 Å². The van der Waals surface area contributed by atoms with Gasteiger partial charge in [-0.15, -0.1) is 0 Å². The minimum Gasteiger partial charge on any atom is -0.379 e. The van der Waals surface area contributed by atoms with Crippen molar-refractivity contribution in [1.29, 1.82) is 0 Å². The molecule has 0 spiro atoms. The Morgan fingerprint density at radius 3 is 1.56 bits per heavy atom. The fourth-order valence-corrected chi connectivity index (χ4v) is 3.41. The first-order chi connectivity index (χ1) is 8.67.